The van der Waals surface area contributed by atoms with Gasteiger partial charge in [-0.05, 0) is 25.0 Å². The van der Waals surface area contributed by atoms with Crippen molar-refractivity contribution in [3.8, 4) is 5.75 Å². The quantitative estimate of drug-likeness (QED) is 0.884. The van der Waals surface area contributed by atoms with Crippen LogP contribution in [0.15, 0.2) is 34.7 Å². The molecule has 1 saturated carbocycles. The van der Waals surface area contributed by atoms with E-state index in [0.717, 1.165) is 5.75 Å². The Labute approximate surface area is 124 Å². The molecule has 1 heterocycles. The van der Waals surface area contributed by atoms with Gasteiger partial charge in [0.05, 0.1) is 6.54 Å². The van der Waals surface area contributed by atoms with Crippen molar-refractivity contribution in [1.82, 2.24) is 15.5 Å². The summed E-state index contributed by atoms with van der Waals surface area (Å²) in [6.45, 7) is 0.948. The molecule has 0 bridgehead atoms. The molecule has 1 N–H and O–H groups in total. The summed E-state index contributed by atoms with van der Waals surface area (Å²) in [6, 6.07) is 10.2. The van der Waals surface area contributed by atoms with Gasteiger partial charge in [-0.25, -0.2) is 0 Å². The first-order chi connectivity index (χ1) is 10.4. The van der Waals surface area contributed by atoms with E-state index < -0.39 is 0 Å². The number of hydrogen-bond acceptors (Lipinski definition) is 5. The molecule has 5 nitrogen and oxygen atoms in total. The monoisotopic (exact) mass is 287 g/mol. The van der Waals surface area contributed by atoms with E-state index in [1.807, 2.05) is 30.3 Å². The van der Waals surface area contributed by atoms with Crippen LogP contribution in [0.25, 0.3) is 0 Å². The zero-order valence-electron chi connectivity index (χ0n) is 12.1. The van der Waals surface area contributed by atoms with Crippen LogP contribution < -0.4 is 10.1 Å². The number of benzene rings is 1. The number of nitrogens with one attached hydrogen (secondary N) is 1. The Morgan fingerprint density at radius 2 is 1.81 bits per heavy atom. The summed E-state index contributed by atoms with van der Waals surface area (Å²) in [5.41, 5.74) is 0. The summed E-state index contributed by atoms with van der Waals surface area (Å²) in [5, 5.41) is 11.6. The van der Waals surface area contributed by atoms with Crippen LogP contribution in [0.5, 0.6) is 5.75 Å². The number of nitrogens with zero attached hydrogens (tertiary/aromatic N) is 2. The average Bonchev–Trinajstić information content (AvgIpc) is 3.01. The molecule has 0 unspecified atom stereocenters. The van der Waals surface area contributed by atoms with Crippen LogP contribution in [-0.2, 0) is 13.2 Å². The van der Waals surface area contributed by atoms with E-state index in [-0.39, 0.29) is 0 Å². The van der Waals surface area contributed by atoms with Crippen molar-refractivity contribution in [1.29, 1.82) is 0 Å². The highest BCUT2D eigenvalue weighted by atomic mass is 16.5. The highest BCUT2D eigenvalue weighted by Crippen LogP contribution is 2.17. The van der Waals surface area contributed by atoms with E-state index in [0.29, 0.717) is 31.0 Å². The zero-order valence-corrected chi connectivity index (χ0v) is 12.1. The third-order valence-corrected chi connectivity index (χ3v) is 3.76. The molecule has 21 heavy (non-hydrogen) atoms. The lowest BCUT2D eigenvalue weighted by atomic mass is 9.95. The summed E-state index contributed by atoms with van der Waals surface area (Å²) in [6.07, 6.45) is 6.49. The third-order valence-electron chi connectivity index (χ3n) is 3.76. The average molecular weight is 287 g/mol. The topological polar surface area (TPSA) is 60.2 Å². The Kier molecular flexibility index (Phi) is 4.84. The molecule has 0 spiro atoms. The number of rotatable bonds is 6. The Balaban J connectivity index is 1.45. The van der Waals surface area contributed by atoms with Gasteiger partial charge in [-0.1, -0.05) is 37.5 Å². The zero-order chi connectivity index (χ0) is 14.3. The first kappa shape index (κ1) is 14.1. The molecular weight excluding hydrogens is 266 g/mol. The summed E-state index contributed by atoms with van der Waals surface area (Å²) in [7, 11) is 0. The lowest BCUT2D eigenvalue weighted by molar-refractivity contribution is 0.256. The van der Waals surface area contributed by atoms with Gasteiger partial charge in [0, 0.05) is 6.04 Å². The smallest absolute Gasteiger partial charge is 0.253 e. The van der Waals surface area contributed by atoms with E-state index in [1.54, 1.807) is 0 Å². The van der Waals surface area contributed by atoms with Crippen molar-refractivity contribution in [3.63, 3.8) is 0 Å². The van der Waals surface area contributed by atoms with E-state index in [1.165, 1.54) is 32.1 Å². The second-order valence-corrected chi connectivity index (χ2v) is 5.41. The first-order valence-electron chi connectivity index (χ1n) is 7.62. The van der Waals surface area contributed by atoms with Crippen molar-refractivity contribution in [2.45, 2.75) is 51.3 Å². The van der Waals surface area contributed by atoms with E-state index in [9.17, 15) is 0 Å². The molecule has 3 rings (SSSR count). The Morgan fingerprint density at radius 1 is 1.05 bits per heavy atom. The number of para-hydroxylation sites is 1. The van der Waals surface area contributed by atoms with Gasteiger partial charge >= 0.3 is 0 Å². The molecule has 0 aliphatic heterocycles. The number of aromatic nitrogens is 2. The van der Waals surface area contributed by atoms with Crippen LogP contribution in [0.4, 0.5) is 0 Å². The maximum absolute atomic E-state index is 5.59. The Morgan fingerprint density at radius 3 is 2.62 bits per heavy atom. The molecule has 1 fully saturated rings. The Hall–Kier alpha value is -1.88. The molecule has 1 aromatic carbocycles. The van der Waals surface area contributed by atoms with Crippen molar-refractivity contribution >= 4 is 0 Å². The summed E-state index contributed by atoms with van der Waals surface area (Å²) in [5.74, 6) is 1.95. The molecule has 2 aromatic rings. The standard InChI is InChI=1S/C16H21N3O2/c1-3-7-13(8-4-1)17-11-15-18-19-16(21-15)12-20-14-9-5-2-6-10-14/h2,5-6,9-10,13,17H,1,3-4,7-8,11-12H2. The van der Waals surface area contributed by atoms with E-state index in [2.05, 4.69) is 15.5 Å². The molecular formula is C16H21N3O2. The van der Waals surface area contributed by atoms with Crippen LogP contribution in [0.3, 0.4) is 0 Å². The fourth-order valence-electron chi connectivity index (χ4n) is 2.62. The third kappa shape index (κ3) is 4.29. The first-order valence-corrected chi connectivity index (χ1v) is 7.62. The predicted molar refractivity (Wildman–Crippen MR) is 78.8 cm³/mol. The SMILES string of the molecule is c1ccc(OCc2nnc(CNC3CCCCC3)o2)cc1. The number of ether oxygens (including phenoxy) is 1. The van der Waals surface area contributed by atoms with E-state index >= 15 is 0 Å². The molecule has 1 aliphatic carbocycles. The molecule has 1 aromatic heterocycles. The second kappa shape index (κ2) is 7.22. The van der Waals surface area contributed by atoms with Crippen LogP contribution in [0.1, 0.15) is 43.9 Å². The molecule has 0 saturated heterocycles. The predicted octanol–water partition coefficient (Wildman–Crippen LogP) is 3.07. The van der Waals surface area contributed by atoms with Crippen LogP contribution in [-0.4, -0.2) is 16.2 Å². The fraction of sp³-hybridized carbons (Fsp3) is 0.500. The van der Waals surface area contributed by atoms with Gasteiger partial charge < -0.3 is 14.5 Å². The van der Waals surface area contributed by atoms with Gasteiger partial charge in [-0.15, -0.1) is 10.2 Å². The molecule has 0 atom stereocenters. The summed E-state index contributed by atoms with van der Waals surface area (Å²) >= 11 is 0. The highest BCUT2D eigenvalue weighted by molar-refractivity contribution is 5.20. The molecule has 1 aliphatic rings. The molecule has 0 radical (unpaired) electrons. The van der Waals surface area contributed by atoms with E-state index in [4.69, 9.17) is 9.15 Å². The number of hydrogen-bond donors (Lipinski definition) is 1. The molecule has 112 valence electrons. The van der Waals surface area contributed by atoms with Crippen LogP contribution in [0.2, 0.25) is 0 Å². The van der Waals surface area contributed by atoms with Crippen molar-refractivity contribution < 1.29 is 9.15 Å². The van der Waals surface area contributed by atoms with Crippen molar-refractivity contribution in [2.24, 2.45) is 0 Å². The van der Waals surface area contributed by atoms with Gasteiger partial charge in [0.2, 0.25) is 5.89 Å². The lowest BCUT2D eigenvalue weighted by Gasteiger charge is -2.21. The fourth-order valence-corrected chi connectivity index (χ4v) is 2.62. The second-order valence-electron chi connectivity index (χ2n) is 5.41. The minimum Gasteiger partial charge on any atom is -0.484 e. The van der Waals surface area contributed by atoms with Crippen molar-refractivity contribution in [2.75, 3.05) is 0 Å². The Bertz CT molecular complexity index is 535. The molecule has 0 amide bonds. The summed E-state index contributed by atoms with van der Waals surface area (Å²) < 4.78 is 11.2. The van der Waals surface area contributed by atoms with Gasteiger partial charge in [-0.2, -0.15) is 0 Å². The summed E-state index contributed by atoms with van der Waals surface area (Å²) in [4.78, 5) is 0. The minimum absolute atomic E-state index is 0.306. The largest absolute Gasteiger partial charge is 0.484 e. The van der Waals surface area contributed by atoms with Crippen LogP contribution in [0, 0.1) is 0 Å². The van der Waals surface area contributed by atoms with Crippen LogP contribution >= 0.6 is 0 Å². The maximum atomic E-state index is 5.59. The minimum atomic E-state index is 0.306. The normalized spacial score (nSPS) is 16.0. The maximum Gasteiger partial charge on any atom is 0.253 e. The van der Waals surface area contributed by atoms with Gasteiger partial charge in [0.15, 0.2) is 6.61 Å². The van der Waals surface area contributed by atoms with Gasteiger partial charge in [0.1, 0.15) is 5.75 Å². The van der Waals surface area contributed by atoms with Gasteiger partial charge in [0.25, 0.3) is 5.89 Å². The molecule has 5 heteroatoms. The van der Waals surface area contributed by atoms with Crippen molar-refractivity contribution in [3.05, 3.63) is 42.1 Å². The highest BCUT2D eigenvalue weighted by Gasteiger charge is 2.14. The van der Waals surface area contributed by atoms with Gasteiger partial charge in [-0.3, -0.25) is 0 Å². The lowest BCUT2D eigenvalue weighted by Crippen LogP contribution is -2.30.